The second-order valence-electron chi connectivity index (χ2n) is 3.53. The molecule has 90 valence electrons. The van der Waals surface area contributed by atoms with Gasteiger partial charge in [-0.15, -0.1) is 6.58 Å². The molecule has 2 rings (SSSR count). The molecule has 0 aliphatic heterocycles. The molecule has 0 spiro atoms. The molecule has 2 aromatic rings. The molecule has 0 saturated heterocycles. The van der Waals surface area contributed by atoms with E-state index in [4.69, 9.17) is 23.2 Å². The largest absolute Gasteiger partial charge is 0.382 e. The quantitative estimate of drug-likeness (QED) is 0.655. The third-order valence-corrected chi connectivity index (χ3v) is 3.45. The van der Waals surface area contributed by atoms with E-state index in [1.54, 1.807) is 6.07 Å². The summed E-state index contributed by atoms with van der Waals surface area (Å²) in [5, 5.41) is 4.38. The minimum absolute atomic E-state index is 0.537. The van der Waals surface area contributed by atoms with Crippen molar-refractivity contribution < 1.29 is 0 Å². The molecule has 0 radical (unpaired) electrons. The molecule has 0 amide bonds. The van der Waals surface area contributed by atoms with Crippen LogP contribution in [0.4, 0.5) is 5.69 Å². The fraction of sp³-hybridized carbons (Fsp3) is 0.273. The van der Waals surface area contributed by atoms with Crippen LogP contribution in [0, 0.1) is 0 Å². The average Bonchev–Trinajstić information content (AvgIpc) is 2.77. The number of nitrogens with one attached hydrogen (secondary N) is 1. The second-order valence-corrected chi connectivity index (χ2v) is 4.88. The lowest BCUT2D eigenvalue weighted by Crippen LogP contribution is -2.02. The molecule has 3 nitrogen and oxygen atoms in total. The van der Waals surface area contributed by atoms with Crippen molar-refractivity contribution >= 4 is 51.7 Å². The molecular weight excluding hydrogens is 277 g/mol. The highest BCUT2D eigenvalue weighted by Gasteiger charge is 2.13. The van der Waals surface area contributed by atoms with Crippen molar-refractivity contribution in [3.05, 3.63) is 28.8 Å². The average molecular weight is 288 g/mol. The number of halogens is 2. The molecule has 0 atom stereocenters. The maximum Gasteiger partial charge on any atom is 0.130 e. The van der Waals surface area contributed by atoms with Gasteiger partial charge >= 0.3 is 0 Å². The summed E-state index contributed by atoms with van der Waals surface area (Å²) in [7, 11) is 0. The first-order valence-electron chi connectivity index (χ1n) is 5.19. The molecule has 17 heavy (non-hydrogen) atoms. The van der Waals surface area contributed by atoms with E-state index in [0.29, 0.717) is 15.6 Å². The Morgan fingerprint density at radius 1 is 1.29 bits per heavy atom. The van der Waals surface area contributed by atoms with Crippen molar-refractivity contribution in [3.8, 4) is 0 Å². The SMILES string of the molecule is C=CCCCNc1c(Cl)cc(Cl)c2nsnc12. The summed E-state index contributed by atoms with van der Waals surface area (Å²) >= 11 is 13.3. The molecule has 0 unspecified atom stereocenters. The Bertz CT molecular complexity index is 539. The van der Waals surface area contributed by atoms with Crippen molar-refractivity contribution in [2.45, 2.75) is 12.8 Å². The zero-order valence-corrected chi connectivity index (χ0v) is 11.4. The van der Waals surface area contributed by atoms with Crippen LogP contribution < -0.4 is 5.32 Å². The van der Waals surface area contributed by atoms with Crippen molar-refractivity contribution in [2.24, 2.45) is 0 Å². The van der Waals surface area contributed by atoms with E-state index in [9.17, 15) is 0 Å². The number of hydrogen-bond acceptors (Lipinski definition) is 4. The van der Waals surface area contributed by atoms with E-state index in [0.717, 1.165) is 42.3 Å². The Kier molecular flexibility index (Phi) is 4.20. The smallest absolute Gasteiger partial charge is 0.130 e. The van der Waals surface area contributed by atoms with Crippen LogP contribution in [0.5, 0.6) is 0 Å². The number of rotatable bonds is 5. The number of nitrogens with zero attached hydrogens (tertiary/aromatic N) is 2. The van der Waals surface area contributed by atoms with Gasteiger partial charge in [-0.1, -0.05) is 29.3 Å². The van der Waals surface area contributed by atoms with E-state index in [-0.39, 0.29) is 0 Å². The molecule has 6 heteroatoms. The number of aromatic nitrogens is 2. The molecule has 0 bridgehead atoms. The number of unbranched alkanes of at least 4 members (excludes halogenated alkanes) is 1. The fourth-order valence-corrected chi connectivity index (χ4v) is 2.68. The van der Waals surface area contributed by atoms with Gasteiger partial charge in [0.2, 0.25) is 0 Å². The summed E-state index contributed by atoms with van der Waals surface area (Å²) in [6.45, 7) is 4.50. The fourth-order valence-electron chi connectivity index (χ4n) is 1.50. The van der Waals surface area contributed by atoms with Gasteiger partial charge in [0.15, 0.2) is 0 Å². The van der Waals surface area contributed by atoms with Gasteiger partial charge in [-0.25, -0.2) is 0 Å². The normalized spacial score (nSPS) is 10.7. The van der Waals surface area contributed by atoms with Crippen LogP contribution in [-0.2, 0) is 0 Å². The highest BCUT2D eigenvalue weighted by Crippen LogP contribution is 2.35. The van der Waals surface area contributed by atoms with Gasteiger partial charge < -0.3 is 5.32 Å². The van der Waals surface area contributed by atoms with E-state index in [1.807, 2.05) is 6.08 Å². The van der Waals surface area contributed by atoms with E-state index >= 15 is 0 Å². The van der Waals surface area contributed by atoms with Gasteiger partial charge in [0.25, 0.3) is 0 Å². The minimum atomic E-state index is 0.537. The number of benzene rings is 1. The topological polar surface area (TPSA) is 37.8 Å². The summed E-state index contributed by atoms with van der Waals surface area (Å²) in [4.78, 5) is 0. The van der Waals surface area contributed by atoms with Crippen molar-refractivity contribution in [1.29, 1.82) is 0 Å². The van der Waals surface area contributed by atoms with Gasteiger partial charge in [-0.3, -0.25) is 0 Å². The summed E-state index contributed by atoms with van der Waals surface area (Å²) in [5.41, 5.74) is 2.25. The van der Waals surface area contributed by atoms with Crippen molar-refractivity contribution in [2.75, 3.05) is 11.9 Å². The third kappa shape index (κ3) is 2.70. The monoisotopic (exact) mass is 287 g/mol. The summed E-state index contributed by atoms with van der Waals surface area (Å²) < 4.78 is 8.37. The first-order chi connectivity index (χ1) is 8.24. The van der Waals surface area contributed by atoms with E-state index in [2.05, 4.69) is 20.6 Å². The Balaban J connectivity index is 2.26. The van der Waals surface area contributed by atoms with Crippen molar-refractivity contribution in [3.63, 3.8) is 0 Å². The predicted molar refractivity (Wildman–Crippen MR) is 75.4 cm³/mol. The molecule has 1 heterocycles. The van der Waals surface area contributed by atoms with E-state index < -0.39 is 0 Å². The van der Waals surface area contributed by atoms with Crippen LogP contribution in [0.3, 0.4) is 0 Å². The standard InChI is InChI=1S/C11H11Cl2N3S/c1-2-3-4-5-14-9-7(12)6-8(13)10-11(9)16-17-15-10/h2,6,14H,1,3-5H2. The van der Waals surface area contributed by atoms with Crippen LogP contribution in [0.2, 0.25) is 10.0 Å². The number of fused-ring (bicyclic) bond motifs is 1. The maximum atomic E-state index is 6.15. The van der Waals surface area contributed by atoms with Gasteiger partial charge in [-0.05, 0) is 18.9 Å². The summed E-state index contributed by atoms with van der Waals surface area (Å²) in [6.07, 6.45) is 3.86. The summed E-state index contributed by atoms with van der Waals surface area (Å²) in [6, 6.07) is 1.70. The zero-order valence-electron chi connectivity index (χ0n) is 9.04. The zero-order chi connectivity index (χ0) is 12.3. The van der Waals surface area contributed by atoms with Gasteiger partial charge in [0.1, 0.15) is 11.0 Å². The first kappa shape index (κ1) is 12.6. The molecule has 0 fully saturated rings. The lowest BCUT2D eigenvalue weighted by atomic mass is 10.2. The molecule has 0 aliphatic carbocycles. The Labute approximate surface area is 114 Å². The van der Waals surface area contributed by atoms with Crippen molar-refractivity contribution in [1.82, 2.24) is 8.75 Å². The molecular formula is C11H11Cl2N3S. The first-order valence-corrected chi connectivity index (χ1v) is 6.67. The number of anilines is 1. The van der Waals surface area contributed by atoms with Gasteiger partial charge in [0, 0.05) is 6.54 Å². The Morgan fingerprint density at radius 2 is 2.06 bits per heavy atom. The van der Waals surface area contributed by atoms with Gasteiger partial charge in [-0.2, -0.15) is 8.75 Å². The summed E-state index contributed by atoms with van der Waals surface area (Å²) in [5.74, 6) is 0. The molecule has 1 aromatic carbocycles. The molecule has 1 N–H and O–H groups in total. The minimum Gasteiger partial charge on any atom is -0.382 e. The third-order valence-electron chi connectivity index (χ3n) is 2.33. The highest BCUT2D eigenvalue weighted by atomic mass is 35.5. The van der Waals surface area contributed by atoms with Crippen LogP contribution >= 0.6 is 34.9 Å². The number of allylic oxidation sites excluding steroid dienone is 1. The van der Waals surface area contributed by atoms with Crippen LogP contribution in [0.1, 0.15) is 12.8 Å². The molecule has 0 saturated carbocycles. The molecule has 1 aromatic heterocycles. The lowest BCUT2D eigenvalue weighted by Gasteiger charge is -2.08. The maximum absolute atomic E-state index is 6.15. The highest BCUT2D eigenvalue weighted by molar-refractivity contribution is 7.00. The lowest BCUT2D eigenvalue weighted by molar-refractivity contribution is 0.892. The van der Waals surface area contributed by atoms with Gasteiger partial charge in [0.05, 0.1) is 27.5 Å². The van der Waals surface area contributed by atoms with Crippen LogP contribution in [0.25, 0.3) is 11.0 Å². The van der Waals surface area contributed by atoms with E-state index in [1.165, 1.54) is 0 Å². The van der Waals surface area contributed by atoms with Crippen LogP contribution in [0.15, 0.2) is 18.7 Å². The number of hydrogen-bond donors (Lipinski definition) is 1. The van der Waals surface area contributed by atoms with Crippen LogP contribution in [-0.4, -0.2) is 15.3 Å². The molecule has 0 aliphatic rings. The Hall–Kier alpha value is -0.840. The predicted octanol–water partition coefficient (Wildman–Crippen LogP) is 4.38. The Morgan fingerprint density at radius 3 is 2.82 bits per heavy atom. The second kappa shape index (κ2) is 5.67.